The van der Waals surface area contributed by atoms with Crippen LogP contribution >= 0.6 is 23.4 Å². The van der Waals surface area contributed by atoms with E-state index in [1.807, 2.05) is 12.1 Å². The normalized spacial score (nSPS) is 20.5. The fraction of sp³-hybridized carbons (Fsp3) is 0.450. The number of H-pyrrole nitrogens is 1. The Balaban J connectivity index is 0.805. The monoisotopic (exact) mass is 1260 g/mol. The molecule has 0 saturated carbocycles. The van der Waals surface area contributed by atoms with Gasteiger partial charge in [-0.1, -0.05) is 56.7 Å². The Morgan fingerprint density at radius 3 is 2.27 bits per heavy atom. The molecule has 10 amide bonds. The van der Waals surface area contributed by atoms with Crippen molar-refractivity contribution in [3.05, 3.63) is 95.7 Å². The van der Waals surface area contributed by atoms with Crippen LogP contribution < -0.4 is 47.3 Å². The van der Waals surface area contributed by atoms with Crippen molar-refractivity contribution < 1.29 is 77.8 Å². The van der Waals surface area contributed by atoms with Crippen molar-refractivity contribution in [1.29, 1.82) is 0 Å². The lowest BCUT2D eigenvalue weighted by Crippen LogP contribution is -2.60. The van der Waals surface area contributed by atoms with Gasteiger partial charge in [0.25, 0.3) is 5.91 Å². The Labute approximate surface area is 515 Å². The number of primary amides is 1. The van der Waals surface area contributed by atoms with E-state index in [0.29, 0.717) is 58.2 Å². The van der Waals surface area contributed by atoms with Crippen LogP contribution in [0.4, 0.5) is 26.7 Å². The molecular formula is C60H73ClN10O16S. The summed E-state index contributed by atoms with van der Waals surface area (Å²) in [6.45, 7) is 2.80. The molecule has 3 aliphatic heterocycles. The molecule has 9 unspecified atom stereocenters. The third-order valence-corrected chi connectivity index (χ3v) is 16.7. The van der Waals surface area contributed by atoms with E-state index >= 15 is 0 Å². The third-order valence-electron chi connectivity index (χ3n) is 15.4. The molecule has 88 heavy (non-hydrogen) atoms. The number of nitrogens with zero attached hydrogens (tertiary/aromatic N) is 2. The molecule has 0 radical (unpaired) electrons. The van der Waals surface area contributed by atoms with E-state index in [9.17, 15) is 63.6 Å². The van der Waals surface area contributed by atoms with E-state index in [4.69, 9.17) is 31.5 Å². The summed E-state index contributed by atoms with van der Waals surface area (Å²) in [4.78, 5) is 122. The number of urea groups is 1. The largest absolute Gasteiger partial charge is 0.461 e. The first-order valence-corrected chi connectivity index (χ1v) is 30.6. The molecule has 26 nitrogen and oxygen atoms in total. The lowest BCUT2D eigenvalue weighted by molar-refractivity contribution is -0.277. The summed E-state index contributed by atoms with van der Waals surface area (Å²) in [7, 11) is 0. The van der Waals surface area contributed by atoms with Gasteiger partial charge in [-0.2, -0.15) is 11.8 Å². The van der Waals surface area contributed by atoms with Gasteiger partial charge >= 0.3 is 12.1 Å². The molecule has 0 aliphatic carbocycles. The maximum Gasteiger partial charge on any atom is 0.407 e. The van der Waals surface area contributed by atoms with E-state index < -0.39 is 91.7 Å². The minimum atomic E-state index is -1.68. The van der Waals surface area contributed by atoms with Crippen molar-refractivity contribution in [2.45, 2.75) is 119 Å². The second kappa shape index (κ2) is 30.2. The van der Waals surface area contributed by atoms with Crippen molar-refractivity contribution in [2.75, 3.05) is 60.5 Å². The number of anilines is 3. The van der Waals surface area contributed by atoms with E-state index in [2.05, 4.69) is 36.9 Å². The van der Waals surface area contributed by atoms with E-state index in [1.165, 1.54) is 16.7 Å². The molecule has 1 aromatic heterocycles. The zero-order valence-electron chi connectivity index (χ0n) is 48.6. The number of rotatable bonds is 27. The van der Waals surface area contributed by atoms with Gasteiger partial charge in [0.2, 0.25) is 41.7 Å². The number of nitrogens with one attached hydrogen (secondary N) is 7. The highest BCUT2D eigenvalue weighted by molar-refractivity contribution is 8.00. The average Bonchev–Trinajstić information content (AvgIpc) is 3.96. The number of aromatic amines is 1. The SMILES string of the molecule is CSC1CC(=O)N(CCCCCC(=O)NC(C(=O)NC(CCCNC(N)=O)C(=O)Nc2ccc(COC(=O)NCC(=O)Nc3ccc4[nH]c(C(=O)N5CC(CCl)c6c5cc(OC5OC(CO)C(O)C(O)C5O)c5ccccc65)cc4c3)cc2)C(C)C)C1=O. The number of hydrogen-bond donors (Lipinski definition) is 12. The third kappa shape index (κ3) is 16.2. The van der Waals surface area contributed by atoms with Crippen molar-refractivity contribution in [3.8, 4) is 5.75 Å². The minimum Gasteiger partial charge on any atom is -0.461 e. The molecule has 5 aromatic rings. The summed E-state index contributed by atoms with van der Waals surface area (Å²) in [5, 5.41) is 58.8. The van der Waals surface area contributed by atoms with Crippen LogP contribution in [-0.4, -0.2) is 177 Å². The Bertz CT molecular complexity index is 3390. The molecule has 2 saturated heterocycles. The van der Waals surface area contributed by atoms with Gasteiger partial charge in [0.15, 0.2) is 0 Å². The van der Waals surface area contributed by atoms with Crippen molar-refractivity contribution in [2.24, 2.45) is 11.7 Å². The Kier molecular flexibility index (Phi) is 22.7. The zero-order valence-corrected chi connectivity index (χ0v) is 50.2. The van der Waals surface area contributed by atoms with Crippen molar-refractivity contribution >= 4 is 116 Å². The van der Waals surface area contributed by atoms with Crippen LogP contribution in [0.1, 0.15) is 86.3 Å². The van der Waals surface area contributed by atoms with Crippen LogP contribution in [0.5, 0.6) is 5.75 Å². The molecular weight excluding hydrogens is 1180 g/mol. The molecule has 2 fully saturated rings. The number of alkyl halides is 1. The van der Waals surface area contributed by atoms with Crippen LogP contribution in [0.3, 0.4) is 0 Å². The number of aliphatic hydroxyl groups excluding tert-OH is 4. The number of alkyl carbamates (subject to hydrolysis) is 1. The average molecular weight is 1260 g/mol. The number of hydrogen-bond acceptors (Lipinski definition) is 17. The molecule has 13 N–H and O–H groups in total. The lowest BCUT2D eigenvalue weighted by atomic mass is 9.95. The van der Waals surface area contributed by atoms with Gasteiger partial charge in [0.05, 0.1) is 17.5 Å². The Hall–Kier alpha value is -8.05. The molecule has 472 valence electrons. The number of unbranched alkanes of at least 4 members (excludes halogenated alkanes) is 2. The maximum atomic E-state index is 14.4. The Morgan fingerprint density at radius 2 is 1.58 bits per heavy atom. The molecule has 4 aromatic carbocycles. The predicted molar refractivity (Wildman–Crippen MR) is 326 cm³/mol. The van der Waals surface area contributed by atoms with Crippen LogP contribution in [0, 0.1) is 5.92 Å². The van der Waals surface area contributed by atoms with Gasteiger partial charge in [0, 0.05) is 78.0 Å². The summed E-state index contributed by atoms with van der Waals surface area (Å²) >= 11 is 7.86. The van der Waals surface area contributed by atoms with Crippen LogP contribution in [-0.2, 0) is 44.8 Å². The molecule has 0 spiro atoms. The van der Waals surface area contributed by atoms with Gasteiger partial charge < -0.3 is 82.2 Å². The van der Waals surface area contributed by atoms with Crippen LogP contribution in [0.25, 0.3) is 21.7 Å². The standard InChI is InChI=1S/C60H73ClN10O16S/c1-31(2)50(69-46(73)13-5-4-8-21-70-48(75)25-45(88-3)57(70)82)55(80)68-40(12-9-20-63-59(62)83)54(79)66-35-16-14-32(15-17-35)30-85-60(84)64-27-47(74)65-36-18-19-39-33(22-36)23-41(67-39)56(81)71-28-34(26-61)49-38-11-7-6-10-37(38)43(24-42(49)71)86-58-53(78)52(77)51(76)44(29-72)87-58/h6-7,10-11,14-19,22-24,31,34,40,44-45,50-53,58,67,72,76-78H,4-5,8-9,12-13,20-21,25-30H2,1-3H3,(H,64,84)(H,65,74)(H,66,79)(H,68,80)(H,69,73)(H3,62,63,83). The maximum absolute atomic E-state index is 14.4. The first-order valence-electron chi connectivity index (χ1n) is 28.8. The summed E-state index contributed by atoms with van der Waals surface area (Å²) < 4.78 is 17.1. The fourth-order valence-electron chi connectivity index (χ4n) is 10.7. The second-order valence-electron chi connectivity index (χ2n) is 22.0. The molecule has 0 bridgehead atoms. The number of carbonyl (C=O) groups is 9. The van der Waals surface area contributed by atoms with E-state index in [0.717, 1.165) is 10.9 Å². The molecule has 9 atom stereocenters. The number of amides is 10. The summed E-state index contributed by atoms with van der Waals surface area (Å²) in [5.74, 6) is -3.22. The van der Waals surface area contributed by atoms with E-state index in [-0.39, 0.29) is 104 Å². The molecule has 28 heteroatoms. The van der Waals surface area contributed by atoms with Gasteiger partial charge in [-0.3, -0.25) is 38.5 Å². The smallest absolute Gasteiger partial charge is 0.407 e. The summed E-state index contributed by atoms with van der Waals surface area (Å²) in [6, 6.07) is 18.9. The van der Waals surface area contributed by atoms with Gasteiger partial charge in [0.1, 0.15) is 61.1 Å². The van der Waals surface area contributed by atoms with Gasteiger partial charge in [-0.25, -0.2) is 9.59 Å². The van der Waals surface area contributed by atoms with E-state index in [1.54, 1.807) is 91.7 Å². The highest BCUT2D eigenvalue weighted by Gasteiger charge is 2.46. The number of aliphatic hydroxyl groups is 4. The molecule has 3 aliphatic rings. The minimum absolute atomic E-state index is 0.0917. The number of thioether (sulfide) groups is 1. The number of carbonyl (C=O) groups excluding carboxylic acids is 9. The zero-order chi connectivity index (χ0) is 63.3. The topological polar surface area (TPSA) is 383 Å². The van der Waals surface area contributed by atoms with Gasteiger partial charge in [-0.15, -0.1) is 11.6 Å². The summed E-state index contributed by atoms with van der Waals surface area (Å²) in [6.07, 6.45) is -4.54. The van der Waals surface area contributed by atoms with Gasteiger partial charge in [-0.05, 0) is 90.8 Å². The number of fused-ring (bicyclic) bond motifs is 4. The van der Waals surface area contributed by atoms with Crippen LogP contribution in [0.15, 0.2) is 78.9 Å². The fourth-order valence-corrected chi connectivity index (χ4v) is 11.6. The predicted octanol–water partition coefficient (Wildman–Crippen LogP) is 3.41. The quantitative estimate of drug-likeness (QED) is 0.0204. The number of benzene rings is 4. The molecule has 4 heterocycles. The lowest BCUT2D eigenvalue weighted by Gasteiger charge is -2.39. The highest BCUT2D eigenvalue weighted by Crippen LogP contribution is 2.47. The number of halogens is 1. The number of ether oxygens (including phenoxy) is 3. The highest BCUT2D eigenvalue weighted by atomic mass is 35.5. The summed E-state index contributed by atoms with van der Waals surface area (Å²) in [5.41, 5.74) is 8.51. The Morgan fingerprint density at radius 1 is 0.841 bits per heavy atom. The number of nitrogens with two attached hydrogens (primary N) is 1. The van der Waals surface area contributed by atoms with Crippen molar-refractivity contribution in [3.63, 3.8) is 0 Å². The first-order chi connectivity index (χ1) is 42.2. The number of imide groups is 1. The number of likely N-dealkylation sites (tertiary alicyclic amines) is 1. The molecule has 8 rings (SSSR count). The van der Waals surface area contributed by atoms with Crippen molar-refractivity contribution in [1.82, 2.24) is 31.2 Å². The van der Waals surface area contributed by atoms with Crippen LogP contribution in [0.2, 0.25) is 0 Å². The number of aromatic nitrogens is 1. The first kappa shape index (κ1) is 65.9. The second-order valence-corrected chi connectivity index (χ2v) is 23.3.